The maximum atomic E-state index is 8.76. The van der Waals surface area contributed by atoms with Gasteiger partial charge in [-0.25, -0.2) is 0 Å². The molecule has 3 nitrogen and oxygen atoms in total. The van der Waals surface area contributed by atoms with Gasteiger partial charge < -0.3 is 15.4 Å². The van der Waals surface area contributed by atoms with Crippen LogP contribution < -0.4 is 10.8 Å². The Morgan fingerprint density at radius 3 is 2.25 bits per heavy atom. The Balaban J connectivity index is 2.78. The number of benzene rings is 1. The van der Waals surface area contributed by atoms with Crippen molar-refractivity contribution < 1.29 is 10.0 Å². The lowest BCUT2D eigenvalue weighted by molar-refractivity contribution is 0.426. The summed E-state index contributed by atoms with van der Waals surface area (Å²) in [6, 6.07) is 6.76. The lowest BCUT2D eigenvalue weighted by Crippen LogP contribution is -2.29. The van der Waals surface area contributed by atoms with Crippen LogP contribution in [-0.4, -0.2) is 17.2 Å². The zero-order valence-corrected chi connectivity index (χ0v) is 6.57. The quantitative estimate of drug-likeness (QED) is 0.546. The zero-order chi connectivity index (χ0) is 8.97. The highest BCUT2D eigenvalue weighted by atomic mass is 16.4. The lowest BCUT2D eigenvalue weighted by atomic mass is 9.80. The minimum Gasteiger partial charge on any atom is -0.423 e. The molecule has 1 aromatic carbocycles. The van der Waals surface area contributed by atoms with Gasteiger partial charge in [0, 0.05) is 5.69 Å². The Labute approximate surface area is 71.5 Å². The van der Waals surface area contributed by atoms with Crippen molar-refractivity contribution in [1.82, 2.24) is 0 Å². The molecule has 0 saturated heterocycles. The molecule has 0 aliphatic heterocycles. The SMILES string of the molecule is C=CNc1ccc(B(O)O)cc1. The van der Waals surface area contributed by atoms with Crippen molar-refractivity contribution in [2.45, 2.75) is 0 Å². The number of hydrogen-bond acceptors (Lipinski definition) is 3. The Morgan fingerprint density at radius 1 is 1.25 bits per heavy atom. The zero-order valence-electron chi connectivity index (χ0n) is 6.57. The van der Waals surface area contributed by atoms with E-state index in [1.807, 2.05) is 0 Å². The lowest BCUT2D eigenvalue weighted by Gasteiger charge is -2.01. The van der Waals surface area contributed by atoms with E-state index in [-0.39, 0.29) is 0 Å². The minimum absolute atomic E-state index is 0.476. The van der Waals surface area contributed by atoms with E-state index in [9.17, 15) is 0 Å². The van der Waals surface area contributed by atoms with Gasteiger partial charge in [0.05, 0.1) is 0 Å². The molecule has 62 valence electrons. The molecule has 0 aliphatic carbocycles. The van der Waals surface area contributed by atoms with Gasteiger partial charge in [-0.3, -0.25) is 0 Å². The second-order valence-corrected chi connectivity index (χ2v) is 2.34. The minimum atomic E-state index is -1.40. The van der Waals surface area contributed by atoms with Gasteiger partial charge in [0.15, 0.2) is 0 Å². The van der Waals surface area contributed by atoms with Gasteiger partial charge in [-0.15, -0.1) is 0 Å². The Kier molecular flexibility index (Phi) is 2.91. The molecule has 0 bridgehead atoms. The van der Waals surface area contributed by atoms with Crippen LogP contribution in [0.15, 0.2) is 37.0 Å². The van der Waals surface area contributed by atoms with Gasteiger partial charge in [-0.2, -0.15) is 0 Å². The normalized spacial score (nSPS) is 9.17. The summed E-state index contributed by atoms with van der Waals surface area (Å²) in [5, 5.41) is 20.4. The summed E-state index contributed by atoms with van der Waals surface area (Å²) in [7, 11) is -1.40. The molecule has 1 aromatic rings. The van der Waals surface area contributed by atoms with Crippen LogP contribution in [0.5, 0.6) is 0 Å². The first-order chi connectivity index (χ1) is 5.74. The van der Waals surface area contributed by atoms with Crippen LogP contribution in [0.1, 0.15) is 0 Å². The summed E-state index contributed by atoms with van der Waals surface area (Å²) in [6.45, 7) is 3.50. The van der Waals surface area contributed by atoms with Crippen molar-refractivity contribution >= 4 is 18.3 Å². The Bertz CT molecular complexity index is 258. The van der Waals surface area contributed by atoms with E-state index in [4.69, 9.17) is 10.0 Å². The molecule has 12 heavy (non-hydrogen) atoms. The molecule has 0 unspecified atom stereocenters. The first-order valence-electron chi connectivity index (χ1n) is 3.57. The second-order valence-electron chi connectivity index (χ2n) is 2.34. The first kappa shape index (κ1) is 8.84. The Morgan fingerprint density at radius 2 is 1.83 bits per heavy atom. The van der Waals surface area contributed by atoms with Crippen LogP contribution in [0.3, 0.4) is 0 Å². The average Bonchev–Trinajstić information content (AvgIpc) is 2.06. The molecular weight excluding hydrogens is 153 g/mol. The van der Waals surface area contributed by atoms with E-state index in [2.05, 4.69) is 11.9 Å². The predicted molar refractivity (Wildman–Crippen MR) is 50.1 cm³/mol. The van der Waals surface area contributed by atoms with E-state index < -0.39 is 7.12 Å². The van der Waals surface area contributed by atoms with Crippen molar-refractivity contribution in [2.75, 3.05) is 5.32 Å². The van der Waals surface area contributed by atoms with Crippen LogP contribution in [0.25, 0.3) is 0 Å². The molecule has 0 aliphatic rings. The third kappa shape index (κ3) is 2.12. The molecule has 0 atom stereocenters. The molecule has 1 rings (SSSR count). The predicted octanol–water partition coefficient (Wildman–Crippen LogP) is -0.0782. The summed E-state index contributed by atoms with van der Waals surface area (Å²) in [5.74, 6) is 0. The maximum absolute atomic E-state index is 8.76. The molecule has 0 radical (unpaired) electrons. The molecule has 0 amide bonds. The average molecular weight is 163 g/mol. The van der Waals surface area contributed by atoms with E-state index >= 15 is 0 Å². The standard InChI is InChI=1S/C8H10BNO2/c1-2-10-8-5-3-7(4-6-8)9(11)12/h2-6,10-12H,1H2. The van der Waals surface area contributed by atoms with Crippen molar-refractivity contribution in [2.24, 2.45) is 0 Å². The topological polar surface area (TPSA) is 52.5 Å². The third-order valence-electron chi connectivity index (χ3n) is 1.48. The van der Waals surface area contributed by atoms with Crippen LogP contribution in [0.2, 0.25) is 0 Å². The fourth-order valence-electron chi connectivity index (χ4n) is 0.869. The van der Waals surface area contributed by atoms with E-state index in [0.29, 0.717) is 5.46 Å². The highest BCUT2D eigenvalue weighted by Gasteiger charge is 2.08. The van der Waals surface area contributed by atoms with Gasteiger partial charge in [-0.05, 0) is 23.8 Å². The van der Waals surface area contributed by atoms with Crippen LogP contribution in [0, 0.1) is 0 Å². The summed E-state index contributed by atoms with van der Waals surface area (Å²) in [5.41, 5.74) is 1.35. The van der Waals surface area contributed by atoms with Gasteiger partial charge in [-0.1, -0.05) is 18.7 Å². The number of rotatable bonds is 3. The Hall–Kier alpha value is -1.26. The highest BCUT2D eigenvalue weighted by Crippen LogP contribution is 2.03. The molecule has 0 spiro atoms. The summed E-state index contributed by atoms with van der Waals surface area (Å²) < 4.78 is 0. The highest BCUT2D eigenvalue weighted by molar-refractivity contribution is 6.58. The molecule has 3 N–H and O–H groups in total. The van der Waals surface area contributed by atoms with Crippen molar-refractivity contribution in [3.05, 3.63) is 37.0 Å². The van der Waals surface area contributed by atoms with Gasteiger partial charge >= 0.3 is 7.12 Å². The van der Waals surface area contributed by atoms with Gasteiger partial charge in [0.1, 0.15) is 0 Å². The molecule has 0 heterocycles. The third-order valence-corrected chi connectivity index (χ3v) is 1.48. The van der Waals surface area contributed by atoms with Crippen molar-refractivity contribution in [1.29, 1.82) is 0 Å². The monoisotopic (exact) mass is 163 g/mol. The summed E-state index contributed by atoms with van der Waals surface area (Å²) in [4.78, 5) is 0. The largest absolute Gasteiger partial charge is 0.488 e. The fraction of sp³-hybridized carbons (Fsp3) is 0. The van der Waals surface area contributed by atoms with Crippen LogP contribution >= 0.6 is 0 Å². The smallest absolute Gasteiger partial charge is 0.423 e. The first-order valence-corrected chi connectivity index (χ1v) is 3.57. The van der Waals surface area contributed by atoms with Gasteiger partial charge in [0.2, 0.25) is 0 Å². The molecule has 0 fully saturated rings. The fourth-order valence-corrected chi connectivity index (χ4v) is 0.869. The summed E-state index contributed by atoms with van der Waals surface area (Å²) in [6.07, 6.45) is 1.56. The molecule has 0 saturated carbocycles. The number of anilines is 1. The molecule has 0 aromatic heterocycles. The second kappa shape index (κ2) is 3.94. The van der Waals surface area contributed by atoms with Crippen LogP contribution in [-0.2, 0) is 0 Å². The summed E-state index contributed by atoms with van der Waals surface area (Å²) >= 11 is 0. The van der Waals surface area contributed by atoms with E-state index in [1.165, 1.54) is 0 Å². The molecule has 4 heteroatoms. The van der Waals surface area contributed by atoms with E-state index in [1.54, 1.807) is 30.5 Å². The van der Waals surface area contributed by atoms with Crippen molar-refractivity contribution in [3.8, 4) is 0 Å². The maximum Gasteiger partial charge on any atom is 0.488 e. The van der Waals surface area contributed by atoms with E-state index in [0.717, 1.165) is 5.69 Å². The van der Waals surface area contributed by atoms with Crippen molar-refractivity contribution in [3.63, 3.8) is 0 Å². The molecular formula is C8H10BNO2. The van der Waals surface area contributed by atoms with Crippen LogP contribution in [0.4, 0.5) is 5.69 Å². The number of hydrogen-bond donors (Lipinski definition) is 3. The number of nitrogens with one attached hydrogen (secondary N) is 1. The van der Waals surface area contributed by atoms with Gasteiger partial charge in [0.25, 0.3) is 0 Å².